The Kier molecular flexibility index (Phi) is 4.26. The van der Waals surface area contributed by atoms with Crippen LogP contribution in [0.3, 0.4) is 0 Å². The van der Waals surface area contributed by atoms with Crippen molar-refractivity contribution >= 4 is 22.6 Å². The fourth-order valence-corrected chi connectivity index (χ4v) is 2.48. The summed E-state index contributed by atoms with van der Waals surface area (Å²) in [7, 11) is 1.63. The summed E-state index contributed by atoms with van der Waals surface area (Å²) in [4.78, 5) is 12.0. The van der Waals surface area contributed by atoms with Gasteiger partial charge in [-0.05, 0) is 36.8 Å². The number of rotatable bonds is 4. The van der Waals surface area contributed by atoms with Crippen LogP contribution in [0.15, 0.2) is 51.9 Å². The minimum absolute atomic E-state index is 0.0730. The molecule has 3 aromatic rings. The predicted molar refractivity (Wildman–Crippen MR) is 89.6 cm³/mol. The minimum atomic E-state index is -0.238. The SMILES string of the molecule is COc1ccc(COc2ccc3c(=O)c(Cl)coc3c2C)cc1. The summed E-state index contributed by atoms with van der Waals surface area (Å²) in [6, 6.07) is 11.1. The van der Waals surface area contributed by atoms with Gasteiger partial charge in [0.2, 0.25) is 5.43 Å². The molecule has 1 heterocycles. The molecule has 4 nitrogen and oxygen atoms in total. The summed E-state index contributed by atoms with van der Waals surface area (Å²) in [6.07, 6.45) is 1.26. The van der Waals surface area contributed by atoms with Crippen LogP contribution in [-0.2, 0) is 6.61 Å². The topological polar surface area (TPSA) is 48.7 Å². The highest BCUT2D eigenvalue weighted by atomic mass is 35.5. The minimum Gasteiger partial charge on any atom is -0.497 e. The molecule has 0 saturated heterocycles. The molecule has 0 saturated carbocycles. The van der Waals surface area contributed by atoms with Gasteiger partial charge in [0.25, 0.3) is 0 Å². The van der Waals surface area contributed by atoms with E-state index in [4.69, 9.17) is 25.5 Å². The molecular weight excluding hydrogens is 316 g/mol. The molecule has 0 amide bonds. The number of hydrogen-bond donors (Lipinski definition) is 0. The Morgan fingerprint density at radius 1 is 1.13 bits per heavy atom. The summed E-state index contributed by atoms with van der Waals surface area (Å²) in [5, 5.41) is 0.524. The molecule has 23 heavy (non-hydrogen) atoms. The third kappa shape index (κ3) is 3.03. The van der Waals surface area contributed by atoms with Crippen molar-refractivity contribution in [3.05, 3.63) is 69.0 Å². The molecule has 0 aliphatic rings. The number of aryl methyl sites for hydroxylation is 1. The van der Waals surface area contributed by atoms with Crippen molar-refractivity contribution in [2.75, 3.05) is 7.11 Å². The summed E-state index contributed by atoms with van der Waals surface area (Å²) >= 11 is 5.80. The molecule has 0 fully saturated rings. The number of halogens is 1. The molecule has 0 aliphatic carbocycles. The zero-order valence-electron chi connectivity index (χ0n) is 12.8. The summed E-state index contributed by atoms with van der Waals surface area (Å²) in [6.45, 7) is 2.26. The van der Waals surface area contributed by atoms with Crippen LogP contribution in [0, 0.1) is 6.92 Å². The Hall–Kier alpha value is -2.46. The van der Waals surface area contributed by atoms with Gasteiger partial charge in [-0.25, -0.2) is 0 Å². The number of ether oxygens (including phenoxy) is 2. The van der Waals surface area contributed by atoms with Crippen LogP contribution in [0.1, 0.15) is 11.1 Å². The van der Waals surface area contributed by atoms with Crippen LogP contribution in [0.4, 0.5) is 0 Å². The van der Waals surface area contributed by atoms with Crippen molar-refractivity contribution in [3.63, 3.8) is 0 Å². The highest BCUT2D eigenvalue weighted by Gasteiger charge is 2.11. The maximum atomic E-state index is 12.0. The van der Waals surface area contributed by atoms with Crippen LogP contribution in [0.25, 0.3) is 11.0 Å². The van der Waals surface area contributed by atoms with Crippen molar-refractivity contribution in [1.82, 2.24) is 0 Å². The number of hydrogen-bond acceptors (Lipinski definition) is 4. The number of methoxy groups -OCH3 is 1. The van der Waals surface area contributed by atoms with Crippen LogP contribution >= 0.6 is 11.6 Å². The first-order valence-corrected chi connectivity index (χ1v) is 7.44. The van der Waals surface area contributed by atoms with E-state index in [0.717, 1.165) is 16.9 Å². The standard InChI is InChI=1S/C18H15ClO4/c1-11-16(22-9-12-3-5-13(21-2)6-4-12)8-7-14-17(20)15(19)10-23-18(11)14/h3-8,10H,9H2,1-2H3. The van der Waals surface area contributed by atoms with Gasteiger partial charge in [0.1, 0.15) is 35.0 Å². The van der Waals surface area contributed by atoms with Crippen molar-refractivity contribution in [2.24, 2.45) is 0 Å². The van der Waals surface area contributed by atoms with E-state index >= 15 is 0 Å². The lowest BCUT2D eigenvalue weighted by atomic mass is 10.1. The Balaban J connectivity index is 1.87. The average Bonchev–Trinajstić information content (AvgIpc) is 2.58. The smallest absolute Gasteiger partial charge is 0.211 e. The zero-order valence-corrected chi connectivity index (χ0v) is 13.5. The molecule has 0 bridgehead atoms. The molecule has 0 spiro atoms. The van der Waals surface area contributed by atoms with E-state index in [-0.39, 0.29) is 10.5 Å². The maximum absolute atomic E-state index is 12.0. The van der Waals surface area contributed by atoms with Crippen molar-refractivity contribution < 1.29 is 13.9 Å². The molecule has 118 valence electrons. The zero-order chi connectivity index (χ0) is 16.4. The summed E-state index contributed by atoms with van der Waals surface area (Å²) in [5.74, 6) is 1.47. The molecule has 0 aliphatic heterocycles. The fourth-order valence-electron chi connectivity index (χ4n) is 2.34. The Morgan fingerprint density at radius 2 is 1.87 bits per heavy atom. The summed E-state index contributed by atoms with van der Waals surface area (Å²) < 4.78 is 16.4. The largest absolute Gasteiger partial charge is 0.497 e. The highest BCUT2D eigenvalue weighted by molar-refractivity contribution is 6.30. The molecule has 3 rings (SSSR count). The first-order chi connectivity index (χ1) is 11.1. The van der Waals surface area contributed by atoms with Gasteiger partial charge in [0, 0.05) is 5.56 Å². The second-order valence-electron chi connectivity index (χ2n) is 5.11. The quantitative estimate of drug-likeness (QED) is 0.714. The van der Waals surface area contributed by atoms with Gasteiger partial charge in [-0.15, -0.1) is 0 Å². The van der Waals surface area contributed by atoms with E-state index in [1.807, 2.05) is 31.2 Å². The molecule has 1 aromatic heterocycles. The lowest BCUT2D eigenvalue weighted by Crippen LogP contribution is -2.03. The van der Waals surface area contributed by atoms with E-state index in [1.54, 1.807) is 19.2 Å². The van der Waals surface area contributed by atoms with Crippen molar-refractivity contribution in [2.45, 2.75) is 13.5 Å². The lowest BCUT2D eigenvalue weighted by molar-refractivity contribution is 0.304. The molecule has 0 unspecified atom stereocenters. The first kappa shape index (κ1) is 15.4. The van der Waals surface area contributed by atoms with E-state index in [1.165, 1.54) is 6.26 Å². The van der Waals surface area contributed by atoms with Gasteiger partial charge in [-0.1, -0.05) is 23.7 Å². The van der Waals surface area contributed by atoms with Gasteiger partial charge >= 0.3 is 0 Å². The van der Waals surface area contributed by atoms with E-state index < -0.39 is 0 Å². The van der Waals surface area contributed by atoms with Gasteiger partial charge in [-0.2, -0.15) is 0 Å². The average molecular weight is 331 g/mol. The monoisotopic (exact) mass is 330 g/mol. The lowest BCUT2D eigenvalue weighted by Gasteiger charge is -2.11. The molecule has 0 N–H and O–H groups in total. The fraction of sp³-hybridized carbons (Fsp3) is 0.167. The second kappa shape index (κ2) is 6.34. The Morgan fingerprint density at radius 3 is 2.57 bits per heavy atom. The maximum Gasteiger partial charge on any atom is 0.211 e. The Bertz CT molecular complexity index is 897. The Labute approximate surface area is 138 Å². The first-order valence-electron chi connectivity index (χ1n) is 7.06. The van der Waals surface area contributed by atoms with Crippen LogP contribution < -0.4 is 14.9 Å². The summed E-state index contributed by atoms with van der Waals surface area (Å²) in [5.41, 5.74) is 2.04. The van der Waals surface area contributed by atoms with Gasteiger partial charge < -0.3 is 13.9 Å². The third-order valence-electron chi connectivity index (χ3n) is 3.65. The molecule has 2 aromatic carbocycles. The molecular formula is C18H15ClO4. The third-order valence-corrected chi connectivity index (χ3v) is 3.91. The van der Waals surface area contributed by atoms with E-state index in [0.29, 0.717) is 23.3 Å². The van der Waals surface area contributed by atoms with Crippen molar-refractivity contribution in [1.29, 1.82) is 0 Å². The highest BCUT2D eigenvalue weighted by Crippen LogP contribution is 2.27. The molecule has 5 heteroatoms. The van der Waals surface area contributed by atoms with Crippen molar-refractivity contribution in [3.8, 4) is 11.5 Å². The van der Waals surface area contributed by atoms with E-state index in [9.17, 15) is 4.79 Å². The van der Waals surface area contributed by atoms with Gasteiger partial charge in [-0.3, -0.25) is 4.79 Å². The van der Waals surface area contributed by atoms with Crippen LogP contribution in [-0.4, -0.2) is 7.11 Å². The molecule has 0 radical (unpaired) electrons. The van der Waals surface area contributed by atoms with Gasteiger partial charge in [0.05, 0.1) is 12.5 Å². The number of fused-ring (bicyclic) bond motifs is 1. The van der Waals surface area contributed by atoms with Crippen LogP contribution in [0.2, 0.25) is 5.02 Å². The van der Waals surface area contributed by atoms with Gasteiger partial charge in [0.15, 0.2) is 0 Å². The van der Waals surface area contributed by atoms with Crippen LogP contribution in [0.5, 0.6) is 11.5 Å². The second-order valence-corrected chi connectivity index (χ2v) is 5.52. The van der Waals surface area contributed by atoms with E-state index in [2.05, 4.69) is 0 Å². The molecule has 0 atom stereocenters. The predicted octanol–water partition coefficient (Wildman–Crippen LogP) is 4.34. The number of benzene rings is 2. The normalized spacial score (nSPS) is 10.7.